The van der Waals surface area contributed by atoms with Crippen molar-refractivity contribution in [2.75, 3.05) is 19.7 Å². The average molecular weight is 325 g/mol. The fraction of sp³-hybridized carbons (Fsp3) is 0.368. The van der Waals surface area contributed by atoms with Crippen molar-refractivity contribution in [1.29, 1.82) is 0 Å². The molecule has 1 unspecified atom stereocenters. The van der Waals surface area contributed by atoms with Crippen LogP contribution in [-0.2, 0) is 22.6 Å². The maximum Gasteiger partial charge on any atom is 0.250 e. The third kappa shape index (κ3) is 4.63. The molecule has 24 heavy (non-hydrogen) atoms. The van der Waals surface area contributed by atoms with Crippen LogP contribution in [0.4, 0.5) is 0 Å². The van der Waals surface area contributed by atoms with E-state index in [1.54, 1.807) is 6.20 Å². The van der Waals surface area contributed by atoms with E-state index in [0.29, 0.717) is 19.7 Å². The van der Waals surface area contributed by atoms with Crippen molar-refractivity contribution in [3.63, 3.8) is 0 Å². The number of hydrogen-bond acceptors (Lipinski definition) is 4. The fourth-order valence-corrected chi connectivity index (χ4v) is 2.75. The zero-order valence-corrected chi connectivity index (χ0v) is 13.9. The van der Waals surface area contributed by atoms with E-state index in [0.717, 1.165) is 24.3 Å². The minimum atomic E-state index is -0.416. The Labute approximate surface area is 142 Å². The van der Waals surface area contributed by atoms with Crippen LogP contribution in [0.3, 0.4) is 0 Å². The summed E-state index contributed by atoms with van der Waals surface area (Å²) in [5.41, 5.74) is 3.22. The van der Waals surface area contributed by atoms with E-state index in [1.165, 1.54) is 5.56 Å². The van der Waals surface area contributed by atoms with Crippen molar-refractivity contribution in [2.45, 2.75) is 26.1 Å². The Balaban J connectivity index is 1.50. The van der Waals surface area contributed by atoms with Crippen LogP contribution in [0.25, 0.3) is 0 Å². The number of aryl methyl sites for hydroxylation is 1. The first-order chi connectivity index (χ1) is 11.7. The first kappa shape index (κ1) is 16.6. The summed E-state index contributed by atoms with van der Waals surface area (Å²) in [5.74, 6) is -0.0617. The Hall–Kier alpha value is -2.24. The topological polar surface area (TPSA) is 54.5 Å². The zero-order chi connectivity index (χ0) is 16.8. The third-order valence-electron chi connectivity index (χ3n) is 4.13. The summed E-state index contributed by atoms with van der Waals surface area (Å²) >= 11 is 0. The Morgan fingerprint density at radius 1 is 1.25 bits per heavy atom. The van der Waals surface area contributed by atoms with Gasteiger partial charge in [-0.3, -0.25) is 14.7 Å². The number of amides is 1. The van der Waals surface area contributed by atoms with Crippen LogP contribution in [0.2, 0.25) is 0 Å². The largest absolute Gasteiger partial charge is 0.366 e. The normalized spacial score (nSPS) is 18.3. The monoisotopic (exact) mass is 325 g/mol. The van der Waals surface area contributed by atoms with Gasteiger partial charge in [0.25, 0.3) is 5.91 Å². The van der Waals surface area contributed by atoms with Crippen LogP contribution in [0, 0.1) is 6.92 Å². The number of nitrogens with one attached hydrogen (secondary N) is 1. The van der Waals surface area contributed by atoms with Crippen molar-refractivity contribution >= 4 is 5.91 Å². The summed E-state index contributed by atoms with van der Waals surface area (Å²) in [6.45, 7) is 5.31. The lowest BCUT2D eigenvalue weighted by Gasteiger charge is -2.32. The van der Waals surface area contributed by atoms with Gasteiger partial charge in [-0.1, -0.05) is 36.4 Å². The van der Waals surface area contributed by atoms with E-state index in [2.05, 4.69) is 27.3 Å². The van der Waals surface area contributed by atoms with Gasteiger partial charge in [-0.05, 0) is 24.1 Å². The first-order valence-corrected chi connectivity index (χ1v) is 8.28. The maximum atomic E-state index is 12.4. The highest BCUT2D eigenvalue weighted by molar-refractivity contribution is 5.81. The molecule has 0 spiro atoms. The van der Waals surface area contributed by atoms with Crippen molar-refractivity contribution in [1.82, 2.24) is 15.2 Å². The lowest BCUT2D eigenvalue weighted by atomic mass is 10.2. The predicted molar refractivity (Wildman–Crippen MR) is 92.3 cm³/mol. The third-order valence-corrected chi connectivity index (χ3v) is 4.13. The number of nitrogens with zero attached hydrogens (tertiary/aromatic N) is 2. The summed E-state index contributed by atoms with van der Waals surface area (Å²) in [5, 5.41) is 2.94. The standard InChI is InChI=1S/C19H23N3O2/c1-15-7-8-17(11-20-15)12-21-19(23)18-14-22(9-10-24-18)13-16-5-3-2-4-6-16/h2-8,11,18H,9-10,12-14H2,1H3,(H,21,23). The number of benzene rings is 1. The number of hydrogen-bond donors (Lipinski definition) is 1. The van der Waals surface area contributed by atoms with Gasteiger partial charge in [0.1, 0.15) is 6.10 Å². The van der Waals surface area contributed by atoms with Crippen LogP contribution in [0.15, 0.2) is 48.7 Å². The molecule has 0 aliphatic carbocycles. The summed E-state index contributed by atoms with van der Waals surface area (Å²) in [7, 11) is 0. The summed E-state index contributed by atoms with van der Waals surface area (Å²) in [6, 6.07) is 14.2. The molecular weight excluding hydrogens is 302 g/mol. The van der Waals surface area contributed by atoms with Gasteiger partial charge in [0, 0.05) is 38.1 Å². The van der Waals surface area contributed by atoms with Gasteiger partial charge in [-0.15, -0.1) is 0 Å². The van der Waals surface area contributed by atoms with Crippen LogP contribution < -0.4 is 5.32 Å². The number of carbonyl (C=O) groups excluding carboxylic acids is 1. The zero-order valence-electron chi connectivity index (χ0n) is 13.9. The van der Waals surface area contributed by atoms with Gasteiger partial charge in [0.2, 0.25) is 0 Å². The first-order valence-electron chi connectivity index (χ1n) is 8.28. The van der Waals surface area contributed by atoms with Crippen LogP contribution in [0.1, 0.15) is 16.8 Å². The van der Waals surface area contributed by atoms with Gasteiger partial charge in [0.05, 0.1) is 6.61 Å². The summed E-state index contributed by atoms with van der Waals surface area (Å²) in [6.07, 6.45) is 1.37. The molecular formula is C19H23N3O2. The van der Waals surface area contributed by atoms with E-state index < -0.39 is 6.10 Å². The Morgan fingerprint density at radius 2 is 2.08 bits per heavy atom. The second-order valence-electron chi connectivity index (χ2n) is 6.11. The Kier molecular flexibility index (Phi) is 5.56. The van der Waals surface area contributed by atoms with Crippen LogP contribution in [-0.4, -0.2) is 41.6 Å². The maximum absolute atomic E-state index is 12.4. The number of pyridine rings is 1. The molecule has 5 heteroatoms. The number of rotatable bonds is 5. The molecule has 0 bridgehead atoms. The lowest BCUT2D eigenvalue weighted by molar-refractivity contribution is -0.139. The van der Waals surface area contributed by atoms with Gasteiger partial charge in [-0.25, -0.2) is 0 Å². The van der Waals surface area contributed by atoms with E-state index >= 15 is 0 Å². The molecule has 3 rings (SSSR count). The highest BCUT2D eigenvalue weighted by Crippen LogP contribution is 2.11. The van der Waals surface area contributed by atoms with E-state index in [1.807, 2.05) is 37.3 Å². The molecule has 2 heterocycles. The molecule has 5 nitrogen and oxygen atoms in total. The van der Waals surface area contributed by atoms with E-state index in [9.17, 15) is 4.79 Å². The van der Waals surface area contributed by atoms with Gasteiger partial charge >= 0.3 is 0 Å². The second kappa shape index (κ2) is 8.04. The predicted octanol–water partition coefficient (Wildman–Crippen LogP) is 1.91. The molecule has 0 saturated carbocycles. The molecule has 0 radical (unpaired) electrons. The molecule has 126 valence electrons. The molecule has 1 saturated heterocycles. The number of carbonyl (C=O) groups is 1. The molecule has 1 aliphatic heterocycles. The highest BCUT2D eigenvalue weighted by atomic mass is 16.5. The Morgan fingerprint density at radius 3 is 2.83 bits per heavy atom. The highest BCUT2D eigenvalue weighted by Gasteiger charge is 2.26. The van der Waals surface area contributed by atoms with Gasteiger partial charge < -0.3 is 10.1 Å². The fourth-order valence-electron chi connectivity index (χ4n) is 2.75. The van der Waals surface area contributed by atoms with Gasteiger partial charge in [0.15, 0.2) is 0 Å². The molecule has 1 atom stereocenters. The SMILES string of the molecule is Cc1ccc(CNC(=O)C2CN(Cc3ccccc3)CCO2)cn1. The average Bonchev–Trinajstić information content (AvgIpc) is 2.62. The van der Waals surface area contributed by atoms with Crippen molar-refractivity contribution in [3.8, 4) is 0 Å². The quantitative estimate of drug-likeness (QED) is 0.912. The lowest BCUT2D eigenvalue weighted by Crippen LogP contribution is -2.49. The second-order valence-corrected chi connectivity index (χ2v) is 6.11. The molecule has 1 aliphatic rings. The number of ether oxygens (including phenoxy) is 1. The van der Waals surface area contributed by atoms with Crippen LogP contribution in [0.5, 0.6) is 0 Å². The van der Waals surface area contributed by atoms with Crippen molar-refractivity contribution in [2.24, 2.45) is 0 Å². The van der Waals surface area contributed by atoms with E-state index in [-0.39, 0.29) is 5.91 Å². The molecule has 2 aromatic rings. The van der Waals surface area contributed by atoms with Crippen molar-refractivity contribution < 1.29 is 9.53 Å². The number of morpholine rings is 1. The van der Waals surface area contributed by atoms with Crippen LogP contribution >= 0.6 is 0 Å². The molecule has 1 aromatic heterocycles. The minimum Gasteiger partial charge on any atom is -0.366 e. The summed E-state index contributed by atoms with van der Waals surface area (Å²) < 4.78 is 5.65. The van der Waals surface area contributed by atoms with Gasteiger partial charge in [-0.2, -0.15) is 0 Å². The summed E-state index contributed by atoms with van der Waals surface area (Å²) in [4.78, 5) is 18.9. The molecule has 1 N–H and O–H groups in total. The smallest absolute Gasteiger partial charge is 0.250 e. The van der Waals surface area contributed by atoms with E-state index in [4.69, 9.17) is 4.74 Å². The molecule has 1 fully saturated rings. The minimum absolute atomic E-state index is 0.0617. The van der Waals surface area contributed by atoms with Crippen molar-refractivity contribution in [3.05, 3.63) is 65.5 Å². The molecule has 1 aromatic carbocycles. The Bertz CT molecular complexity index is 658. The number of aromatic nitrogens is 1. The molecule has 1 amide bonds.